The second-order valence-corrected chi connectivity index (χ2v) is 5.04. The third kappa shape index (κ3) is 3.71. The number of nitrogens with one attached hydrogen (secondary N) is 2. The predicted molar refractivity (Wildman–Crippen MR) is 83.0 cm³/mol. The van der Waals surface area contributed by atoms with Crippen LogP contribution in [-0.4, -0.2) is 28.6 Å². The van der Waals surface area contributed by atoms with E-state index in [2.05, 4.69) is 41.5 Å². The number of ether oxygens (including phenoxy) is 1. The highest BCUT2D eigenvalue weighted by Gasteiger charge is 2.08. The van der Waals surface area contributed by atoms with Gasteiger partial charge in [0.15, 0.2) is 0 Å². The summed E-state index contributed by atoms with van der Waals surface area (Å²) >= 11 is 9.41. The first-order valence-electron chi connectivity index (χ1n) is 5.88. The molecule has 106 valence electrons. The fourth-order valence-corrected chi connectivity index (χ4v) is 1.97. The number of methoxy groups -OCH3 is 1. The van der Waals surface area contributed by atoms with Crippen LogP contribution in [0.15, 0.2) is 22.7 Å². The van der Waals surface area contributed by atoms with Crippen molar-refractivity contribution in [2.45, 2.75) is 6.92 Å². The van der Waals surface area contributed by atoms with Gasteiger partial charge in [0.1, 0.15) is 0 Å². The van der Waals surface area contributed by atoms with E-state index in [4.69, 9.17) is 16.3 Å². The molecule has 6 nitrogen and oxygen atoms in total. The maximum Gasteiger partial charge on any atom is 0.322 e. The SMILES string of the molecule is CCNc1nc(Nc2cc(Cl)ccc2Br)nc(OC)n1. The van der Waals surface area contributed by atoms with E-state index in [1.54, 1.807) is 12.1 Å². The van der Waals surface area contributed by atoms with Gasteiger partial charge in [0.2, 0.25) is 11.9 Å². The molecule has 0 aliphatic carbocycles. The lowest BCUT2D eigenvalue weighted by Crippen LogP contribution is -2.08. The topological polar surface area (TPSA) is 72.0 Å². The molecule has 1 heterocycles. The maximum absolute atomic E-state index is 5.97. The lowest BCUT2D eigenvalue weighted by molar-refractivity contribution is 0.379. The van der Waals surface area contributed by atoms with Crippen molar-refractivity contribution in [3.8, 4) is 6.01 Å². The van der Waals surface area contributed by atoms with Crippen LogP contribution in [0.1, 0.15) is 6.92 Å². The van der Waals surface area contributed by atoms with E-state index in [9.17, 15) is 0 Å². The molecule has 20 heavy (non-hydrogen) atoms. The van der Waals surface area contributed by atoms with Gasteiger partial charge in [-0.15, -0.1) is 0 Å². The van der Waals surface area contributed by atoms with Gasteiger partial charge in [-0.1, -0.05) is 11.6 Å². The van der Waals surface area contributed by atoms with Gasteiger partial charge in [-0.05, 0) is 41.1 Å². The van der Waals surface area contributed by atoms with Crippen LogP contribution in [0.2, 0.25) is 5.02 Å². The molecule has 0 fully saturated rings. The smallest absolute Gasteiger partial charge is 0.322 e. The largest absolute Gasteiger partial charge is 0.467 e. The molecular formula is C12H13BrClN5O. The Morgan fingerprint density at radius 3 is 2.70 bits per heavy atom. The summed E-state index contributed by atoms with van der Waals surface area (Å²) in [5, 5.41) is 6.70. The van der Waals surface area contributed by atoms with E-state index in [-0.39, 0.29) is 6.01 Å². The summed E-state index contributed by atoms with van der Waals surface area (Å²) in [6.45, 7) is 2.66. The van der Waals surface area contributed by atoms with Crippen molar-refractivity contribution in [3.63, 3.8) is 0 Å². The molecule has 2 N–H and O–H groups in total. The highest BCUT2D eigenvalue weighted by molar-refractivity contribution is 9.10. The van der Waals surface area contributed by atoms with Crippen molar-refractivity contribution in [1.29, 1.82) is 0 Å². The first-order chi connectivity index (χ1) is 9.62. The van der Waals surface area contributed by atoms with E-state index in [1.807, 2.05) is 13.0 Å². The highest BCUT2D eigenvalue weighted by atomic mass is 79.9. The molecule has 2 aromatic rings. The minimum atomic E-state index is 0.233. The lowest BCUT2D eigenvalue weighted by Gasteiger charge is -2.10. The van der Waals surface area contributed by atoms with Gasteiger partial charge >= 0.3 is 6.01 Å². The van der Waals surface area contributed by atoms with Crippen LogP contribution in [0.4, 0.5) is 17.6 Å². The Bertz CT molecular complexity index is 610. The molecule has 0 radical (unpaired) electrons. The van der Waals surface area contributed by atoms with Crippen LogP contribution >= 0.6 is 27.5 Å². The Morgan fingerprint density at radius 2 is 2.00 bits per heavy atom. The number of benzene rings is 1. The average Bonchev–Trinajstić information content (AvgIpc) is 2.43. The molecule has 0 amide bonds. The molecule has 2 rings (SSSR count). The normalized spacial score (nSPS) is 10.2. The fourth-order valence-electron chi connectivity index (χ4n) is 1.45. The Balaban J connectivity index is 2.32. The van der Waals surface area contributed by atoms with Gasteiger partial charge in [-0.25, -0.2) is 0 Å². The standard InChI is InChI=1S/C12H13BrClN5O/c1-3-15-10-17-11(19-12(18-10)20-2)16-9-6-7(14)4-5-8(9)13/h4-6H,3H2,1-2H3,(H2,15,16,17,18,19). The lowest BCUT2D eigenvalue weighted by atomic mass is 10.3. The highest BCUT2D eigenvalue weighted by Crippen LogP contribution is 2.28. The summed E-state index contributed by atoms with van der Waals surface area (Å²) in [6.07, 6.45) is 0. The van der Waals surface area contributed by atoms with E-state index < -0.39 is 0 Å². The molecule has 0 aliphatic rings. The fraction of sp³-hybridized carbons (Fsp3) is 0.250. The Labute approximate surface area is 130 Å². The molecule has 0 bridgehead atoms. The summed E-state index contributed by atoms with van der Waals surface area (Å²) < 4.78 is 5.91. The molecule has 8 heteroatoms. The molecular weight excluding hydrogens is 346 g/mol. The summed E-state index contributed by atoms with van der Waals surface area (Å²) in [4.78, 5) is 12.5. The van der Waals surface area contributed by atoms with Crippen LogP contribution in [0.5, 0.6) is 6.01 Å². The van der Waals surface area contributed by atoms with Crippen molar-refractivity contribution >= 4 is 45.1 Å². The van der Waals surface area contributed by atoms with E-state index in [1.165, 1.54) is 7.11 Å². The molecule has 0 atom stereocenters. The number of aromatic nitrogens is 3. The minimum absolute atomic E-state index is 0.233. The zero-order valence-electron chi connectivity index (χ0n) is 10.9. The van der Waals surface area contributed by atoms with Gasteiger partial charge in [0.05, 0.1) is 12.8 Å². The van der Waals surface area contributed by atoms with Crippen LogP contribution in [0.25, 0.3) is 0 Å². The van der Waals surface area contributed by atoms with Crippen molar-refractivity contribution < 1.29 is 4.74 Å². The molecule has 0 unspecified atom stereocenters. The van der Waals surface area contributed by atoms with Crippen molar-refractivity contribution in [2.24, 2.45) is 0 Å². The van der Waals surface area contributed by atoms with Crippen LogP contribution in [0.3, 0.4) is 0 Å². The first kappa shape index (κ1) is 14.8. The molecule has 1 aromatic carbocycles. The first-order valence-corrected chi connectivity index (χ1v) is 7.05. The van der Waals surface area contributed by atoms with Gasteiger partial charge < -0.3 is 15.4 Å². The Hall–Kier alpha value is -1.60. The monoisotopic (exact) mass is 357 g/mol. The number of rotatable bonds is 5. The number of nitrogens with zero attached hydrogens (tertiary/aromatic N) is 3. The minimum Gasteiger partial charge on any atom is -0.467 e. The van der Waals surface area contributed by atoms with Crippen molar-refractivity contribution in [2.75, 3.05) is 24.3 Å². The van der Waals surface area contributed by atoms with Gasteiger partial charge in [-0.3, -0.25) is 0 Å². The Kier molecular flexibility index (Phi) is 4.97. The van der Waals surface area contributed by atoms with Gasteiger partial charge in [-0.2, -0.15) is 15.0 Å². The van der Waals surface area contributed by atoms with E-state index in [0.29, 0.717) is 23.5 Å². The molecule has 0 saturated carbocycles. The van der Waals surface area contributed by atoms with Crippen molar-refractivity contribution in [1.82, 2.24) is 15.0 Å². The quantitative estimate of drug-likeness (QED) is 0.852. The summed E-state index contributed by atoms with van der Waals surface area (Å²) in [5.41, 5.74) is 0.758. The van der Waals surface area contributed by atoms with Gasteiger partial charge in [0.25, 0.3) is 0 Å². The van der Waals surface area contributed by atoms with E-state index in [0.717, 1.165) is 10.2 Å². The zero-order valence-corrected chi connectivity index (χ0v) is 13.3. The molecule has 0 saturated heterocycles. The second kappa shape index (κ2) is 6.71. The zero-order chi connectivity index (χ0) is 14.5. The van der Waals surface area contributed by atoms with Crippen LogP contribution in [-0.2, 0) is 0 Å². The average molecular weight is 359 g/mol. The molecule has 1 aromatic heterocycles. The third-order valence-electron chi connectivity index (χ3n) is 2.31. The van der Waals surface area contributed by atoms with Crippen LogP contribution < -0.4 is 15.4 Å². The van der Waals surface area contributed by atoms with E-state index >= 15 is 0 Å². The number of hydrogen-bond donors (Lipinski definition) is 2. The summed E-state index contributed by atoms with van der Waals surface area (Å²) in [6, 6.07) is 5.63. The maximum atomic E-state index is 5.97. The predicted octanol–water partition coefficient (Wildman–Crippen LogP) is 3.47. The number of hydrogen-bond acceptors (Lipinski definition) is 6. The summed E-state index contributed by atoms with van der Waals surface area (Å²) in [7, 11) is 1.50. The third-order valence-corrected chi connectivity index (χ3v) is 3.23. The second-order valence-electron chi connectivity index (χ2n) is 3.75. The molecule has 0 spiro atoms. The van der Waals surface area contributed by atoms with Crippen LogP contribution in [0, 0.1) is 0 Å². The van der Waals surface area contributed by atoms with Crippen molar-refractivity contribution in [3.05, 3.63) is 27.7 Å². The Morgan fingerprint density at radius 1 is 1.25 bits per heavy atom. The van der Waals surface area contributed by atoms with Gasteiger partial charge in [0, 0.05) is 16.0 Å². The number of halogens is 2. The molecule has 0 aliphatic heterocycles. The number of anilines is 3. The summed E-state index contributed by atoms with van der Waals surface area (Å²) in [5.74, 6) is 0.816.